The lowest BCUT2D eigenvalue weighted by Gasteiger charge is -2.16. The fourth-order valence-corrected chi connectivity index (χ4v) is 1.91. The summed E-state index contributed by atoms with van der Waals surface area (Å²) in [5.41, 5.74) is 0.625. The van der Waals surface area contributed by atoms with Gasteiger partial charge in [0.15, 0.2) is 0 Å². The first-order valence-electron chi connectivity index (χ1n) is 6.41. The lowest BCUT2D eigenvalue weighted by molar-refractivity contribution is -0.136. The number of hydrogen-bond donors (Lipinski definition) is 0. The molecule has 0 fully saturated rings. The van der Waals surface area contributed by atoms with Crippen molar-refractivity contribution in [3.05, 3.63) is 12.2 Å². The normalized spacial score (nSPS) is 10.5. The molecule has 0 aromatic rings. The minimum atomic E-state index is -0.252. The van der Waals surface area contributed by atoms with Gasteiger partial charge in [-0.25, -0.2) is 4.79 Å². The summed E-state index contributed by atoms with van der Waals surface area (Å²) in [6.07, 6.45) is 8.11. The van der Waals surface area contributed by atoms with Crippen molar-refractivity contribution >= 4 is 5.97 Å². The highest BCUT2D eigenvalue weighted by Gasteiger charge is 2.14. The smallest absolute Gasteiger partial charge is 0.333 e. The van der Waals surface area contributed by atoms with Crippen molar-refractivity contribution in [1.29, 1.82) is 0 Å². The second-order valence-electron chi connectivity index (χ2n) is 4.45. The van der Waals surface area contributed by atoms with Crippen molar-refractivity contribution in [2.45, 2.75) is 58.8 Å². The van der Waals surface area contributed by atoms with E-state index in [-0.39, 0.29) is 5.97 Å². The summed E-state index contributed by atoms with van der Waals surface area (Å²) in [6.45, 7) is 8.21. The van der Waals surface area contributed by atoms with Crippen LogP contribution in [-0.4, -0.2) is 13.1 Å². The minimum absolute atomic E-state index is 0.252. The van der Waals surface area contributed by atoms with E-state index in [4.69, 9.17) is 0 Å². The number of carbonyl (C=O) groups is 1. The lowest BCUT2D eigenvalue weighted by Crippen LogP contribution is -2.09. The second-order valence-corrected chi connectivity index (χ2v) is 4.45. The first-order chi connectivity index (χ1) is 7.65. The van der Waals surface area contributed by atoms with Crippen LogP contribution in [0.25, 0.3) is 0 Å². The van der Waals surface area contributed by atoms with E-state index in [1.807, 2.05) is 0 Å². The van der Waals surface area contributed by atoms with Gasteiger partial charge in [-0.2, -0.15) is 0 Å². The first-order valence-corrected chi connectivity index (χ1v) is 6.41. The third-order valence-corrected chi connectivity index (χ3v) is 2.94. The zero-order valence-corrected chi connectivity index (χ0v) is 11.1. The van der Waals surface area contributed by atoms with Gasteiger partial charge in [0, 0.05) is 5.57 Å². The van der Waals surface area contributed by atoms with Gasteiger partial charge >= 0.3 is 5.97 Å². The zero-order chi connectivity index (χ0) is 12.4. The van der Waals surface area contributed by atoms with Crippen LogP contribution in [0.1, 0.15) is 58.8 Å². The van der Waals surface area contributed by atoms with Gasteiger partial charge in [0.1, 0.15) is 0 Å². The first kappa shape index (κ1) is 15.2. The number of methoxy groups -OCH3 is 1. The molecule has 0 radical (unpaired) electrons. The maximum absolute atomic E-state index is 11.3. The predicted octanol–water partition coefficient (Wildman–Crippen LogP) is 4.10. The molecule has 2 nitrogen and oxygen atoms in total. The van der Waals surface area contributed by atoms with Gasteiger partial charge in [-0.3, -0.25) is 0 Å². The minimum Gasteiger partial charge on any atom is -0.466 e. The highest BCUT2D eigenvalue weighted by Crippen LogP contribution is 2.23. The molecular formula is C14H26O2. The van der Waals surface area contributed by atoms with E-state index in [0.717, 1.165) is 6.42 Å². The Kier molecular flexibility index (Phi) is 8.97. The van der Waals surface area contributed by atoms with Crippen LogP contribution in [0, 0.1) is 5.92 Å². The van der Waals surface area contributed by atoms with Crippen LogP contribution >= 0.6 is 0 Å². The van der Waals surface area contributed by atoms with Crippen molar-refractivity contribution in [2.75, 3.05) is 7.11 Å². The van der Waals surface area contributed by atoms with Crippen LogP contribution in [0.4, 0.5) is 0 Å². The molecule has 16 heavy (non-hydrogen) atoms. The summed E-state index contributed by atoms with van der Waals surface area (Å²) in [5, 5.41) is 0. The predicted molar refractivity (Wildman–Crippen MR) is 68.3 cm³/mol. The van der Waals surface area contributed by atoms with Crippen LogP contribution in [0.3, 0.4) is 0 Å². The van der Waals surface area contributed by atoms with Gasteiger partial charge in [-0.1, -0.05) is 59.0 Å². The Bertz CT molecular complexity index is 201. The Labute approximate surface area is 100 Å². The molecule has 0 aliphatic carbocycles. The quantitative estimate of drug-likeness (QED) is 0.437. The van der Waals surface area contributed by atoms with Crippen LogP contribution in [0.15, 0.2) is 12.2 Å². The summed E-state index contributed by atoms with van der Waals surface area (Å²) in [5.74, 6) is 0.351. The third kappa shape index (κ3) is 6.65. The van der Waals surface area contributed by atoms with E-state index in [2.05, 4.69) is 25.2 Å². The molecule has 0 spiro atoms. The molecule has 0 saturated heterocycles. The van der Waals surface area contributed by atoms with E-state index >= 15 is 0 Å². The molecule has 0 atom stereocenters. The molecule has 0 saturated carbocycles. The van der Waals surface area contributed by atoms with Gasteiger partial charge in [-0.05, 0) is 12.3 Å². The fourth-order valence-electron chi connectivity index (χ4n) is 1.91. The molecule has 0 rings (SSSR count). The fraction of sp³-hybridized carbons (Fsp3) is 0.786. The standard InChI is InChI=1S/C14H26O2/c1-5-7-9-13(10-8-6-2)11-12(3)14(15)16-4/h13H,3,5-11H2,1-2,4H3. The molecule has 0 aromatic heterocycles. The molecule has 0 amide bonds. The molecule has 0 aliphatic heterocycles. The van der Waals surface area contributed by atoms with E-state index in [0.29, 0.717) is 11.5 Å². The van der Waals surface area contributed by atoms with Crippen molar-refractivity contribution in [2.24, 2.45) is 5.92 Å². The summed E-state index contributed by atoms with van der Waals surface area (Å²) in [7, 11) is 1.42. The van der Waals surface area contributed by atoms with Crippen molar-refractivity contribution in [3.63, 3.8) is 0 Å². The maximum atomic E-state index is 11.3. The zero-order valence-electron chi connectivity index (χ0n) is 11.1. The van der Waals surface area contributed by atoms with Crippen molar-refractivity contribution in [3.8, 4) is 0 Å². The molecule has 0 unspecified atom stereocenters. The van der Waals surface area contributed by atoms with Crippen LogP contribution in [0.2, 0.25) is 0 Å². The number of carbonyl (C=O) groups excluding carboxylic acids is 1. The second kappa shape index (κ2) is 9.44. The molecular weight excluding hydrogens is 200 g/mol. The Morgan fingerprint density at radius 2 is 1.69 bits per heavy atom. The Balaban J connectivity index is 4.07. The van der Waals surface area contributed by atoms with E-state index in [9.17, 15) is 4.79 Å². The summed E-state index contributed by atoms with van der Waals surface area (Å²) in [4.78, 5) is 11.3. The molecule has 0 bridgehead atoms. The molecule has 94 valence electrons. The van der Waals surface area contributed by atoms with E-state index < -0.39 is 0 Å². The highest BCUT2D eigenvalue weighted by atomic mass is 16.5. The number of rotatable bonds is 9. The SMILES string of the molecule is C=C(CC(CCCC)CCCC)C(=O)OC. The molecule has 0 aromatic carbocycles. The van der Waals surface area contributed by atoms with Gasteiger partial charge < -0.3 is 4.74 Å². The average molecular weight is 226 g/mol. The highest BCUT2D eigenvalue weighted by molar-refractivity contribution is 5.87. The number of hydrogen-bond acceptors (Lipinski definition) is 2. The monoisotopic (exact) mass is 226 g/mol. The van der Waals surface area contributed by atoms with Gasteiger partial charge in [0.05, 0.1) is 7.11 Å². The average Bonchev–Trinajstić information content (AvgIpc) is 2.31. The Hall–Kier alpha value is -0.790. The molecule has 0 aliphatic rings. The van der Waals surface area contributed by atoms with Gasteiger partial charge in [0.2, 0.25) is 0 Å². The topological polar surface area (TPSA) is 26.3 Å². The Morgan fingerprint density at radius 1 is 1.19 bits per heavy atom. The van der Waals surface area contributed by atoms with E-state index in [1.165, 1.54) is 45.6 Å². The number of unbranched alkanes of at least 4 members (excludes halogenated alkanes) is 2. The molecule has 0 N–H and O–H groups in total. The van der Waals surface area contributed by atoms with Gasteiger partial charge in [0.25, 0.3) is 0 Å². The largest absolute Gasteiger partial charge is 0.466 e. The lowest BCUT2D eigenvalue weighted by atomic mass is 9.90. The van der Waals surface area contributed by atoms with Gasteiger partial charge in [-0.15, -0.1) is 0 Å². The number of ether oxygens (including phenoxy) is 1. The van der Waals surface area contributed by atoms with Crippen molar-refractivity contribution in [1.82, 2.24) is 0 Å². The molecule has 2 heteroatoms. The van der Waals surface area contributed by atoms with Crippen LogP contribution in [-0.2, 0) is 9.53 Å². The summed E-state index contributed by atoms with van der Waals surface area (Å²) >= 11 is 0. The maximum Gasteiger partial charge on any atom is 0.333 e. The summed E-state index contributed by atoms with van der Waals surface area (Å²) in [6, 6.07) is 0. The third-order valence-electron chi connectivity index (χ3n) is 2.94. The van der Waals surface area contributed by atoms with Crippen molar-refractivity contribution < 1.29 is 9.53 Å². The van der Waals surface area contributed by atoms with E-state index in [1.54, 1.807) is 0 Å². The summed E-state index contributed by atoms with van der Waals surface area (Å²) < 4.78 is 4.68. The number of esters is 1. The Morgan fingerprint density at radius 3 is 2.06 bits per heavy atom. The van der Waals surface area contributed by atoms with Crippen LogP contribution < -0.4 is 0 Å². The van der Waals surface area contributed by atoms with Crippen LogP contribution in [0.5, 0.6) is 0 Å². The molecule has 0 heterocycles.